The number of alkyl halides is 3. The molecule has 0 aromatic rings. The number of likely N-dealkylation sites (tertiary alicyclic amines) is 1. The summed E-state index contributed by atoms with van der Waals surface area (Å²) in [7, 11) is 1.51. The number of hydrogen-bond acceptors (Lipinski definition) is 3. The zero-order valence-corrected chi connectivity index (χ0v) is 10.5. The molecule has 0 aromatic carbocycles. The van der Waals surface area contributed by atoms with Crippen LogP contribution in [0.2, 0.25) is 0 Å². The Labute approximate surface area is 104 Å². The molecular weight excluding hydrogens is 251 g/mol. The number of aliphatic hydroxyl groups is 1. The maximum Gasteiger partial charge on any atom is 0.419 e. The Balaban J connectivity index is 2.49. The van der Waals surface area contributed by atoms with Crippen LogP contribution in [0.25, 0.3) is 0 Å². The molecule has 1 aliphatic rings. The van der Waals surface area contributed by atoms with E-state index in [0.29, 0.717) is 6.42 Å². The summed E-state index contributed by atoms with van der Waals surface area (Å²) < 4.78 is 42.6. The Morgan fingerprint density at radius 3 is 2.61 bits per heavy atom. The van der Waals surface area contributed by atoms with Gasteiger partial charge in [0.1, 0.15) is 0 Å². The predicted molar refractivity (Wildman–Crippen MR) is 57.9 cm³/mol. The van der Waals surface area contributed by atoms with Crippen LogP contribution in [0.1, 0.15) is 26.2 Å². The molecule has 0 spiro atoms. The smallest absolute Gasteiger partial charge is 0.382 e. The SMILES string of the molecule is COC(C)CCC(=O)N1CCC(O)(C(F)(F)F)C1. The number of ether oxygens (including phenoxy) is 1. The molecule has 1 saturated heterocycles. The van der Waals surface area contributed by atoms with Crippen molar-refractivity contribution in [3.63, 3.8) is 0 Å². The van der Waals surface area contributed by atoms with Crippen LogP contribution in [0, 0.1) is 0 Å². The van der Waals surface area contributed by atoms with Gasteiger partial charge in [0.05, 0.1) is 12.6 Å². The lowest BCUT2D eigenvalue weighted by Crippen LogP contribution is -2.48. The third kappa shape index (κ3) is 3.35. The monoisotopic (exact) mass is 269 g/mol. The van der Waals surface area contributed by atoms with E-state index in [1.165, 1.54) is 7.11 Å². The van der Waals surface area contributed by atoms with Crippen molar-refractivity contribution in [1.29, 1.82) is 0 Å². The zero-order valence-electron chi connectivity index (χ0n) is 10.5. The van der Waals surface area contributed by atoms with Gasteiger partial charge in [-0.1, -0.05) is 0 Å². The van der Waals surface area contributed by atoms with Crippen molar-refractivity contribution in [3.05, 3.63) is 0 Å². The molecule has 18 heavy (non-hydrogen) atoms. The van der Waals surface area contributed by atoms with E-state index in [-0.39, 0.29) is 25.0 Å². The molecule has 1 fully saturated rings. The minimum atomic E-state index is -4.69. The maximum atomic E-state index is 12.5. The molecule has 1 amide bonds. The van der Waals surface area contributed by atoms with Gasteiger partial charge in [-0.3, -0.25) is 4.79 Å². The van der Waals surface area contributed by atoms with Gasteiger partial charge in [-0.15, -0.1) is 0 Å². The van der Waals surface area contributed by atoms with Gasteiger partial charge in [-0.2, -0.15) is 13.2 Å². The Bertz CT molecular complexity index is 308. The highest BCUT2D eigenvalue weighted by Crippen LogP contribution is 2.37. The predicted octanol–water partition coefficient (Wildman–Crippen LogP) is 1.33. The molecule has 7 heteroatoms. The first kappa shape index (κ1) is 15.2. The van der Waals surface area contributed by atoms with E-state index in [1.807, 2.05) is 0 Å². The van der Waals surface area contributed by atoms with E-state index in [4.69, 9.17) is 4.74 Å². The number of nitrogens with zero attached hydrogens (tertiary/aromatic N) is 1. The summed E-state index contributed by atoms with van der Waals surface area (Å²) >= 11 is 0. The van der Waals surface area contributed by atoms with Crippen molar-refractivity contribution in [3.8, 4) is 0 Å². The van der Waals surface area contributed by atoms with Crippen LogP contribution in [0.3, 0.4) is 0 Å². The Morgan fingerprint density at radius 1 is 1.56 bits per heavy atom. The normalized spacial score (nSPS) is 26.4. The molecule has 0 radical (unpaired) electrons. The number of carbonyl (C=O) groups is 1. The van der Waals surface area contributed by atoms with E-state index in [1.54, 1.807) is 6.92 Å². The van der Waals surface area contributed by atoms with Gasteiger partial charge in [0.2, 0.25) is 5.91 Å². The van der Waals surface area contributed by atoms with Crippen LogP contribution in [-0.4, -0.2) is 54.0 Å². The standard InChI is InChI=1S/C11H18F3NO3/c1-8(18-2)3-4-9(16)15-6-5-10(17,7-15)11(12,13)14/h8,17H,3-7H2,1-2H3. The van der Waals surface area contributed by atoms with Crippen LogP contribution in [-0.2, 0) is 9.53 Å². The van der Waals surface area contributed by atoms with E-state index in [0.717, 1.165) is 4.90 Å². The van der Waals surface area contributed by atoms with Gasteiger partial charge in [-0.05, 0) is 13.3 Å². The number of methoxy groups -OCH3 is 1. The summed E-state index contributed by atoms with van der Waals surface area (Å²) in [6.07, 6.45) is -4.68. The first-order valence-corrected chi connectivity index (χ1v) is 5.79. The van der Waals surface area contributed by atoms with E-state index in [2.05, 4.69) is 0 Å². The van der Waals surface area contributed by atoms with Crippen LogP contribution < -0.4 is 0 Å². The molecule has 1 N–H and O–H groups in total. The third-order valence-electron chi connectivity index (χ3n) is 3.30. The highest BCUT2D eigenvalue weighted by Gasteiger charge is 2.57. The molecule has 0 bridgehead atoms. The summed E-state index contributed by atoms with van der Waals surface area (Å²) in [4.78, 5) is 12.7. The lowest BCUT2D eigenvalue weighted by atomic mass is 10.0. The summed E-state index contributed by atoms with van der Waals surface area (Å²) in [6, 6.07) is 0. The Morgan fingerprint density at radius 2 is 2.17 bits per heavy atom. The fraction of sp³-hybridized carbons (Fsp3) is 0.909. The van der Waals surface area contributed by atoms with Gasteiger partial charge in [-0.25, -0.2) is 0 Å². The average molecular weight is 269 g/mol. The van der Waals surface area contributed by atoms with Gasteiger partial charge in [0.25, 0.3) is 0 Å². The highest BCUT2D eigenvalue weighted by molar-refractivity contribution is 5.76. The van der Waals surface area contributed by atoms with Crippen molar-refractivity contribution >= 4 is 5.91 Å². The summed E-state index contributed by atoms with van der Waals surface area (Å²) in [5, 5.41) is 9.43. The number of amides is 1. The van der Waals surface area contributed by atoms with Gasteiger partial charge < -0.3 is 14.7 Å². The lowest BCUT2D eigenvalue weighted by Gasteiger charge is -2.26. The first-order chi connectivity index (χ1) is 8.19. The lowest BCUT2D eigenvalue weighted by molar-refractivity contribution is -0.253. The summed E-state index contributed by atoms with van der Waals surface area (Å²) in [6.45, 7) is 1.05. The number of carbonyl (C=O) groups excluding carboxylic acids is 1. The minimum absolute atomic E-state index is 0.0593. The average Bonchev–Trinajstić information content (AvgIpc) is 2.69. The molecule has 4 nitrogen and oxygen atoms in total. The van der Waals surface area contributed by atoms with Gasteiger partial charge >= 0.3 is 6.18 Å². The van der Waals surface area contributed by atoms with Crippen molar-refractivity contribution in [2.75, 3.05) is 20.2 Å². The number of β-amino-alcohol motifs (C(OH)–C–C–N with tert-alkyl or cyclic N) is 1. The zero-order chi connectivity index (χ0) is 14.0. The second kappa shape index (κ2) is 5.44. The molecule has 0 aromatic heterocycles. The molecule has 0 aliphatic carbocycles. The van der Waals surface area contributed by atoms with E-state index in [9.17, 15) is 23.1 Å². The number of hydrogen-bond donors (Lipinski definition) is 1. The molecular formula is C11H18F3NO3. The fourth-order valence-electron chi connectivity index (χ4n) is 1.84. The van der Waals surface area contributed by atoms with Crippen molar-refractivity contribution in [1.82, 2.24) is 4.90 Å². The summed E-state index contributed by atoms with van der Waals surface area (Å²) in [5.41, 5.74) is -2.75. The van der Waals surface area contributed by atoms with E-state index >= 15 is 0 Å². The first-order valence-electron chi connectivity index (χ1n) is 5.79. The molecule has 0 saturated carbocycles. The van der Waals surface area contributed by atoms with Crippen LogP contribution in [0.15, 0.2) is 0 Å². The number of rotatable bonds is 4. The highest BCUT2D eigenvalue weighted by atomic mass is 19.4. The van der Waals surface area contributed by atoms with Crippen LogP contribution in [0.5, 0.6) is 0 Å². The molecule has 2 atom stereocenters. The molecule has 106 valence electrons. The quantitative estimate of drug-likeness (QED) is 0.837. The maximum absolute atomic E-state index is 12.5. The van der Waals surface area contributed by atoms with Gasteiger partial charge in [0.15, 0.2) is 5.60 Å². The molecule has 2 unspecified atom stereocenters. The molecule has 1 aliphatic heterocycles. The second-order valence-electron chi connectivity index (χ2n) is 4.68. The Hall–Kier alpha value is -0.820. The fourth-order valence-corrected chi connectivity index (χ4v) is 1.84. The van der Waals surface area contributed by atoms with Crippen molar-refractivity contribution in [2.24, 2.45) is 0 Å². The number of halogens is 3. The Kier molecular flexibility index (Phi) is 4.61. The van der Waals surface area contributed by atoms with Crippen molar-refractivity contribution < 1.29 is 27.8 Å². The largest absolute Gasteiger partial charge is 0.419 e. The van der Waals surface area contributed by atoms with Gasteiger partial charge in [0, 0.05) is 26.5 Å². The van der Waals surface area contributed by atoms with Crippen molar-refractivity contribution in [2.45, 2.75) is 44.1 Å². The molecule has 1 rings (SSSR count). The second-order valence-corrected chi connectivity index (χ2v) is 4.68. The van der Waals surface area contributed by atoms with Crippen LogP contribution in [0.4, 0.5) is 13.2 Å². The topological polar surface area (TPSA) is 49.8 Å². The van der Waals surface area contributed by atoms with E-state index < -0.39 is 24.7 Å². The third-order valence-corrected chi connectivity index (χ3v) is 3.30. The minimum Gasteiger partial charge on any atom is -0.382 e. The molecule has 1 heterocycles. The van der Waals surface area contributed by atoms with Crippen LogP contribution >= 0.6 is 0 Å². The summed E-state index contributed by atoms with van der Waals surface area (Å²) in [5.74, 6) is -0.376.